The molecule has 0 aromatic heterocycles. The molecule has 1 N–H and O–H groups in total. The molecule has 80 valence electrons. The van der Waals surface area contributed by atoms with Crippen LogP contribution in [-0.4, -0.2) is 29.4 Å². The second-order valence-electron chi connectivity index (χ2n) is 4.40. The second kappa shape index (κ2) is 5.17. The van der Waals surface area contributed by atoms with Crippen molar-refractivity contribution in [2.24, 2.45) is 0 Å². The lowest BCUT2D eigenvalue weighted by Crippen LogP contribution is -2.22. The predicted octanol–water partition coefficient (Wildman–Crippen LogP) is 1.98. The van der Waals surface area contributed by atoms with Gasteiger partial charge >= 0.3 is 0 Å². The maximum Gasteiger partial charge on any atom is 0.136 e. The van der Waals surface area contributed by atoms with Crippen molar-refractivity contribution in [3.63, 3.8) is 0 Å². The van der Waals surface area contributed by atoms with Gasteiger partial charge in [0.15, 0.2) is 0 Å². The molecule has 1 aliphatic carbocycles. The van der Waals surface area contributed by atoms with Gasteiger partial charge in [-0.2, -0.15) is 11.8 Å². The van der Waals surface area contributed by atoms with Crippen LogP contribution in [-0.2, 0) is 4.79 Å². The molecule has 0 aromatic rings. The lowest BCUT2D eigenvalue weighted by atomic mass is 10.0. The first-order valence-electron chi connectivity index (χ1n) is 5.72. The van der Waals surface area contributed by atoms with Gasteiger partial charge in [0.25, 0.3) is 0 Å². The molecule has 0 unspecified atom stereocenters. The molecule has 1 saturated carbocycles. The lowest BCUT2D eigenvalue weighted by molar-refractivity contribution is -0.109. The van der Waals surface area contributed by atoms with Crippen LogP contribution in [0.25, 0.3) is 0 Å². The first-order chi connectivity index (χ1) is 6.88. The van der Waals surface area contributed by atoms with Crippen molar-refractivity contribution >= 4 is 18.0 Å². The van der Waals surface area contributed by atoms with Crippen LogP contribution in [0.4, 0.5) is 0 Å². The van der Waals surface area contributed by atoms with Gasteiger partial charge in [-0.1, -0.05) is 19.3 Å². The number of aldehydes is 1. The molecule has 3 heteroatoms. The molecular formula is C11H19NOS. The van der Waals surface area contributed by atoms with E-state index in [2.05, 4.69) is 17.1 Å². The number of thioether (sulfide) groups is 1. The van der Waals surface area contributed by atoms with Gasteiger partial charge in [0.05, 0.1) is 6.04 Å². The quantitative estimate of drug-likeness (QED) is 0.727. The number of rotatable bonds is 3. The summed E-state index contributed by atoms with van der Waals surface area (Å²) in [5.41, 5.74) is 0. The first-order valence-corrected chi connectivity index (χ1v) is 6.67. The van der Waals surface area contributed by atoms with Crippen LogP contribution >= 0.6 is 11.8 Å². The normalized spacial score (nSPS) is 34.6. The number of carbonyl (C=O) groups is 1. The van der Waals surface area contributed by atoms with Crippen LogP contribution in [0.5, 0.6) is 0 Å². The summed E-state index contributed by atoms with van der Waals surface area (Å²) >= 11 is 2.13. The van der Waals surface area contributed by atoms with Crippen molar-refractivity contribution in [3.05, 3.63) is 0 Å². The van der Waals surface area contributed by atoms with E-state index in [9.17, 15) is 4.79 Å². The molecule has 2 nitrogen and oxygen atoms in total. The van der Waals surface area contributed by atoms with E-state index < -0.39 is 0 Å². The lowest BCUT2D eigenvalue weighted by Gasteiger charge is -2.23. The van der Waals surface area contributed by atoms with Gasteiger partial charge in [-0.25, -0.2) is 0 Å². The predicted molar refractivity (Wildman–Crippen MR) is 60.7 cm³/mol. The average Bonchev–Trinajstić information content (AvgIpc) is 2.67. The van der Waals surface area contributed by atoms with Gasteiger partial charge in [0.1, 0.15) is 6.29 Å². The number of nitrogens with one attached hydrogen (secondary N) is 1. The minimum Gasteiger partial charge on any atom is -0.307 e. The summed E-state index contributed by atoms with van der Waals surface area (Å²) in [5.74, 6) is 0. The average molecular weight is 213 g/mol. The summed E-state index contributed by atoms with van der Waals surface area (Å²) in [7, 11) is 0. The van der Waals surface area contributed by atoms with Gasteiger partial charge in [0, 0.05) is 17.0 Å². The molecule has 0 aromatic carbocycles. The van der Waals surface area contributed by atoms with E-state index in [0.717, 1.165) is 24.5 Å². The van der Waals surface area contributed by atoms with Crippen LogP contribution in [0.2, 0.25) is 0 Å². The minimum atomic E-state index is 0.135. The van der Waals surface area contributed by atoms with Crippen LogP contribution in [0.15, 0.2) is 0 Å². The molecule has 0 amide bonds. The third kappa shape index (κ3) is 2.74. The number of hydrogen-bond donors (Lipinski definition) is 1. The molecule has 0 bridgehead atoms. The Morgan fingerprint density at radius 2 is 1.93 bits per heavy atom. The third-order valence-corrected chi connectivity index (χ3v) is 4.83. The summed E-state index contributed by atoms with van der Waals surface area (Å²) in [4.78, 5) is 10.6. The largest absolute Gasteiger partial charge is 0.307 e. The fourth-order valence-electron chi connectivity index (χ4n) is 2.41. The molecule has 1 heterocycles. The van der Waals surface area contributed by atoms with E-state index in [1.807, 2.05) is 0 Å². The molecule has 1 aliphatic heterocycles. The zero-order valence-corrected chi connectivity index (χ0v) is 9.39. The summed E-state index contributed by atoms with van der Waals surface area (Å²) < 4.78 is 0. The van der Waals surface area contributed by atoms with Gasteiger partial charge in [0.2, 0.25) is 0 Å². The van der Waals surface area contributed by atoms with Crippen LogP contribution in [0, 0.1) is 0 Å². The van der Waals surface area contributed by atoms with Crippen LogP contribution in [0.1, 0.15) is 38.5 Å². The van der Waals surface area contributed by atoms with Gasteiger partial charge in [-0.05, 0) is 19.3 Å². The highest BCUT2D eigenvalue weighted by atomic mass is 32.2. The van der Waals surface area contributed by atoms with Gasteiger partial charge in [-0.15, -0.1) is 0 Å². The topological polar surface area (TPSA) is 29.1 Å². The summed E-state index contributed by atoms with van der Waals surface area (Å²) in [5, 5.41) is 4.82. The molecule has 2 rings (SSSR count). The maximum absolute atomic E-state index is 10.6. The molecular weight excluding hydrogens is 194 g/mol. The highest BCUT2D eigenvalue weighted by molar-refractivity contribution is 8.00. The Balaban J connectivity index is 1.72. The van der Waals surface area contributed by atoms with Gasteiger partial charge in [-0.3, -0.25) is 0 Å². The standard InChI is InChI=1S/C11H19NOS/c13-8-9-6-11(7-12-9)14-10-4-2-1-3-5-10/h8-12H,1-7H2/t9-,11-/m0/s1. The van der Waals surface area contributed by atoms with E-state index in [-0.39, 0.29) is 6.04 Å². The molecule has 0 radical (unpaired) electrons. The number of carbonyl (C=O) groups excluding carboxylic acids is 1. The highest BCUT2D eigenvalue weighted by Gasteiger charge is 2.27. The Hall–Kier alpha value is -0.0200. The summed E-state index contributed by atoms with van der Waals surface area (Å²) in [6.07, 6.45) is 9.15. The minimum absolute atomic E-state index is 0.135. The molecule has 2 atom stereocenters. The van der Waals surface area contributed by atoms with Gasteiger partial charge < -0.3 is 10.1 Å². The zero-order valence-electron chi connectivity index (χ0n) is 8.58. The van der Waals surface area contributed by atoms with Crippen LogP contribution in [0.3, 0.4) is 0 Å². The molecule has 0 spiro atoms. The Bertz CT molecular complexity index is 192. The Kier molecular flexibility index (Phi) is 3.88. The van der Waals surface area contributed by atoms with Crippen molar-refractivity contribution in [1.29, 1.82) is 0 Å². The van der Waals surface area contributed by atoms with Crippen molar-refractivity contribution in [3.8, 4) is 0 Å². The first kappa shape index (κ1) is 10.5. The Labute approximate surface area is 90.2 Å². The zero-order chi connectivity index (χ0) is 9.80. The molecule has 2 fully saturated rings. The molecule has 1 saturated heterocycles. The van der Waals surface area contributed by atoms with E-state index in [0.29, 0.717) is 5.25 Å². The van der Waals surface area contributed by atoms with E-state index in [4.69, 9.17) is 0 Å². The fourth-order valence-corrected chi connectivity index (χ4v) is 4.07. The second-order valence-corrected chi connectivity index (χ2v) is 6.01. The Morgan fingerprint density at radius 3 is 2.57 bits per heavy atom. The summed E-state index contributed by atoms with van der Waals surface area (Å²) in [6, 6.07) is 0.135. The Morgan fingerprint density at radius 1 is 1.14 bits per heavy atom. The fraction of sp³-hybridized carbons (Fsp3) is 0.909. The van der Waals surface area contributed by atoms with E-state index in [1.54, 1.807) is 0 Å². The third-order valence-electron chi connectivity index (χ3n) is 3.23. The SMILES string of the molecule is O=C[C@@H]1C[C@H](SC2CCCCC2)CN1. The summed E-state index contributed by atoms with van der Waals surface area (Å²) in [6.45, 7) is 1.03. The highest BCUT2D eigenvalue weighted by Crippen LogP contribution is 2.33. The van der Waals surface area contributed by atoms with Crippen molar-refractivity contribution in [2.75, 3.05) is 6.54 Å². The molecule has 2 aliphatic rings. The monoisotopic (exact) mass is 213 g/mol. The van der Waals surface area contributed by atoms with E-state index >= 15 is 0 Å². The van der Waals surface area contributed by atoms with E-state index in [1.165, 1.54) is 32.1 Å². The maximum atomic E-state index is 10.6. The van der Waals surface area contributed by atoms with Crippen molar-refractivity contribution < 1.29 is 4.79 Å². The van der Waals surface area contributed by atoms with Crippen molar-refractivity contribution in [1.82, 2.24) is 5.32 Å². The smallest absolute Gasteiger partial charge is 0.136 e. The van der Waals surface area contributed by atoms with Crippen molar-refractivity contribution in [2.45, 2.75) is 55.1 Å². The number of hydrogen-bond acceptors (Lipinski definition) is 3. The van der Waals surface area contributed by atoms with Crippen LogP contribution < -0.4 is 5.32 Å². The molecule has 14 heavy (non-hydrogen) atoms.